The summed E-state index contributed by atoms with van der Waals surface area (Å²) in [7, 11) is -2.74. The normalized spacial score (nSPS) is 11.2. The summed E-state index contributed by atoms with van der Waals surface area (Å²) < 4.78 is 53.7. The Kier molecular flexibility index (Phi) is 6.09. The van der Waals surface area contributed by atoms with Gasteiger partial charge in [-0.05, 0) is 67.1 Å². The molecule has 3 aromatic rings. The molecule has 0 aliphatic heterocycles. The number of aryl methyl sites for hydroxylation is 1. The van der Waals surface area contributed by atoms with Crippen molar-refractivity contribution in [3.63, 3.8) is 0 Å². The molecule has 0 bridgehead atoms. The molecule has 3 rings (SSSR count). The summed E-state index contributed by atoms with van der Waals surface area (Å²) in [5.74, 6) is -1.68. The standard InChI is InChI=1S/C21H17ClF2N2O3S/c1-13-3-6-15(11-20(13)24)25-21(27)18-12-17(9-10-19(18)22)30(28,29)26(2)16-7-4-14(23)5-8-16/h3-12H,1-2H3,(H,25,27). The van der Waals surface area contributed by atoms with Crippen molar-refractivity contribution in [2.75, 3.05) is 16.7 Å². The van der Waals surface area contributed by atoms with Crippen LogP contribution in [0.5, 0.6) is 0 Å². The fourth-order valence-corrected chi connectivity index (χ4v) is 4.08. The molecule has 0 aromatic heterocycles. The van der Waals surface area contributed by atoms with Gasteiger partial charge in [0.05, 0.1) is 21.2 Å². The molecule has 0 saturated heterocycles. The van der Waals surface area contributed by atoms with Crippen LogP contribution in [0.25, 0.3) is 0 Å². The summed E-state index contributed by atoms with van der Waals surface area (Å²) in [6, 6.07) is 12.8. The summed E-state index contributed by atoms with van der Waals surface area (Å²) in [6.07, 6.45) is 0. The van der Waals surface area contributed by atoms with Crippen molar-refractivity contribution < 1.29 is 22.0 Å². The van der Waals surface area contributed by atoms with Gasteiger partial charge in [-0.15, -0.1) is 0 Å². The average Bonchev–Trinajstić information content (AvgIpc) is 2.71. The number of carbonyl (C=O) groups is 1. The van der Waals surface area contributed by atoms with Gasteiger partial charge in [0.2, 0.25) is 0 Å². The second-order valence-electron chi connectivity index (χ2n) is 6.51. The molecule has 1 N–H and O–H groups in total. The molecule has 9 heteroatoms. The molecular formula is C21H17ClF2N2O3S. The van der Waals surface area contributed by atoms with E-state index in [9.17, 15) is 22.0 Å². The van der Waals surface area contributed by atoms with E-state index < -0.39 is 27.6 Å². The molecule has 0 fully saturated rings. The number of hydrogen-bond acceptors (Lipinski definition) is 3. The highest BCUT2D eigenvalue weighted by Gasteiger charge is 2.24. The molecule has 3 aromatic carbocycles. The van der Waals surface area contributed by atoms with Crippen LogP contribution in [0, 0.1) is 18.6 Å². The Hall–Kier alpha value is -2.97. The predicted molar refractivity (Wildman–Crippen MR) is 113 cm³/mol. The molecular weight excluding hydrogens is 434 g/mol. The van der Waals surface area contributed by atoms with Gasteiger partial charge in [-0.3, -0.25) is 9.10 Å². The zero-order valence-corrected chi connectivity index (χ0v) is 17.6. The fourth-order valence-electron chi connectivity index (χ4n) is 2.66. The Morgan fingerprint density at radius 1 is 1.00 bits per heavy atom. The van der Waals surface area contributed by atoms with E-state index >= 15 is 0 Å². The predicted octanol–water partition coefficient (Wildman–Crippen LogP) is 5.00. The van der Waals surface area contributed by atoms with Crippen LogP contribution in [0.3, 0.4) is 0 Å². The molecule has 0 aliphatic carbocycles. The molecule has 0 spiro atoms. The van der Waals surface area contributed by atoms with E-state index in [0.717, 1.165) is 28.6 Å². The van der Waals surface area contributed by atoms with Crippen LogP contribution in [0.15, 0.2) is 65.6 Å². The fraction of sp³-hybridized carbons (Fsp3) is 0.0952. The van der Waals surface area contributed by atoms with E-state index in [2.05, 4.69) is 5.32 Å². The molecule has 0 aliphatic rings. The van der Waals surface area contributed by atoms with Crippen molar-refractivity contribution in [3.8, 4) is 0 Å². The van der Waals surface area contributed by atoms with Gasteiger partial charge in [0.1, 0.15) is 11.6 Å². The molecule has 0 radical (unpaired) electrons. The van der Waals surface area contributed by atoms with Crippen molar-refractivity contribution in [3.05, 3.63) is 88.4 Å². The van der Waals surface area contributed by atoms with Crippen LogP contribution in [0.4, 0.5) is 20.2 Å². The Morgan fingerprint density at radius 3 is 2.30 bits per heavy atom. The van der Waals surface area contributed by atoms with Crippen LogP contribution in [0.2, 0.25) is 5.02 Å². The summed E-state index contributed by atoms with van der Waals surface area (Å²) in [5.41, 5.74) is 0.775. The first kappa shape index (κ1) is 21.7. The van der Waals surface area contributed by atoms with Crippen molar-refractivity contribution in [1.82, 2.24) is 0 Å². The first-order valence-electron chi connectivity index (χ1n) is 8.71. The molecule has 0 heterocycles. The number of carbonyl (C=O) groups excluding carboxylic acids is 1. The molecule has 0 saturated carbocycles. The number of rotatable bonds is 5. The lowest BCUT2D eigenvalue weighted by atomic mass is 10.2. The largest absolute Gasteiger partial charge is 0.322 e. The zero-order chi connectivity index (χ0) is 22.1. The number of halogens is 3. The van der Waals surface area contributed by atoms with Gasteiger partial charge < -0.3 is 5.32 Å². The van der Waals surface area contributed by atoms with Gasteiger partial charge in [0, 0.05) is 12.7 Å². The van der Waals surface area contributed by atoms with Gasteiger partial charge in [0.25, 0.3) is 15.9 Å². The van der Waals surface area contributed by atoms with E-state index in [1.54, 1.807) is 6.92 Å². The summed E-state index contributed by atoms with van der Waals surface area (Å²) >= 11 is 6.09. The molecule has 30 heavy (non-hydrogen) atoms. The Morgan fingerprint density at radius 2 is 1.67 bits per heavy atom. The highest BCUT2D eigenvalue weighted by Crippen LogP contribution is 2.26. The number of sulfonamides is 1. The van der Waals surface area contributed by atoms with Gasteiger partial charge in [0.15, 0.2) is 0 Å². The molecule has 156 valence electrons. The molecule has 0 unspecified atom stereocenters. The van der Waals surface area contributed by atoms with Crippen molar-refractivity contribution in [2.45, 2.75) is 11.8 Å². The van der Waals surface area contributed by atoms with E-state index in [4.69, 9.17) is 11.6 Å². The number of nitrogens with zero attached hydrogens (tertiary/aromatic N) is 1. The maximum absolute atomic E-state index is 13.7. The second kappa shape index (κ2) is 8.41. The Labute approximate surface area is 178 Å². The summed E-state index contributed by atoms with van der Waals surface area (Å²) in [6.45, 7) is 1.59. The van der Waals surface area contributed by atoms with Crippen molar-refractivity contribution in [1.29, 1.82) is 0 Å². The number of hydrogen-bond donors (Lipinski definition) is 1. The zero-order valence-electron chi connectivity index (χ0n) is 16.0. The topological polar surface area (TPSA) is 66.5 Å². The average molecular weight is 451 g/mol. The summed E-state index contributed by atoms with van der Waals surface area (Å²) in [5, 5.41) is 2.53. The first-order chi connectivity index (χ1) is 14.1. The quantitative estimate of drug-likeness (QED) is 0.594. The van der Waals surface area contributed by atoms with E-state index in [1.165, 1.54) is 43.4 Å². The number of amides is 1. The lowest BCUT2D eigenvalue weighted by molar-refractivity contribution is 0.102. The highest BCUT2D eigenvalue weighted by atomic mass is 35.5. The van der Waals surface area contributed by atoms with E-state index in [1.807, 2.05) is 0 Å². The number of anilines is 2. The number of nitrogens with one attached hydrogen (secondary N) is 1. The number of benzene rings is 3. The third kappa shape index (κ3) is 4.44. The lowest BCUT2D eigenvalue weighted by Gasteiger charge is -2.20. The van der Waals surface area contributed by atoms with Crippen LogP contribution >= 0.6 is 11.6 Å². The summed E-state index contributed by atoms with van der Waals surface area (Å²) in [4.78, 5) is 12.4. The van der Waals surface area contributed by atoms with Crippen molar-refractivity contribution in [2.24, 2.45) is 0 Å². The van der Waals surface area contributed by atoms with Crippen molar-refractivity contribution >= 4 is 38.9 Å². The maximum atomic E-state index is 13.7. The minimum Gasteiger partial charge on any atom is -0.322 e. The SMILES string of the molecule is Cc1ccc(NC(=O)c2cc(S(=O)(=O)N(C)c3ccc(F)cc3)ccc2Cl)cc1F. The van der Waals surface area contributed by atoms with Gasteiger partial charge in [-0.2, -0.15) is 0 Å². The minimum atomic E-state index is -4.05. The molecule has 1 amide bonds. The minimum absolute atomic E-state index is 0.0310. The maximum Gasteiger partial charge on any atom is 0.264 e. The Bertz CT molecular complexity index is 1220. The smallest absolute Gasteiger partial charge is 0.264 e. The van der Waals surface area contributed by atoms with Crippen LogP contribution in [0.1, 0.15) is 15.9 Å². The third-order valence-corrected chi connectivity index (χ3v) is 6.57. The van der Waals surface area contributed by atoms with Gasteiger partial charge in [-0.25, -0.2) is 17.2 Å². The molecule has 5 nitrogen and oxygen atoms in total. The van der Waals surface area contributed by atoms with Crippen LogP contribution in [-0.4, -0.2) is 21.4 Å². The third-order valence-electron chi connectivity index (χ3n) is 4.46. The van der Waals surface area contributed by atoms with Gasteiger partial charge >= 0.3 is 0 Å². The Balaban J connectivity index is 1.92. The molecule has 0 atom stereocenters. The van der Waals surface area contributed by atoms with Crippen LogP contribution < -0.4 is 9.62 Å². The van der Waals surface area contributed by atoms with E-state index in [-0.39, 0.29) is 26.9 Å². The van der Waals surface area contributed by atoms with Crippen LogP contribution in [-0.2, 0) is 10.0 Å². The second-order valence-corrected chi connectivity index (χ2v) is 8.89. The van der Waals surface area contributed by atoms with E-state index in [0.29, 0.717) is 5.56 Å². The highest BCUT2D eigenvalue weighted by molar-refractivity contribution is 7.92. The monoisotopic (exact) mass is 450 g/mol. The lowest BCUT2D eigenvalue weighted by Crippen LogP contribution is -2.27. The van der Waals surface area contributed by atoms with Gasteiger partial charge in [-0.1, -0.05) is 17.7 Å². The first-order valence-corrected chi connectivity index (χ1v) is 10.5.